The van der Waals surface area contributed by atoms with Gasteiger partial charge in [0.05, 0.1) is 0 Å². The molecule has 0 saturated carbocycles. The van der Waals surface area contributed by atoms with Crippen LogP contribution in [0.1, 0.15) is 28.3 Å². The molecule has 0 aromatic heterocycles. The molecule has 0 spiro atoms. The summed E-state index contributed by atoms with van der Waals surface area (Å²) in [6.45, 7) is 4.02. The average Bonchev–Trinajstić information content (AvgIpc) is 2.43. The molecule has 1 N–H and O–H groups in total. The molecule has 0 aliphatic heterocycles. The van der Waals surface area contributed by atoms with Gasteiger partial charge >= 0.3 is 0 Å². The van der Waals surface area contributed by atoms with E-state index in [0.29, 0.717) is 0 Å². The van der Waals surface area contributed by atoms with Crippen LogP contribution in [0.15, 0.2) is 36.4 Å². The fourth-order valence-corrected chi connectivity index (χ4v) is 2.63. The number of hydrogen-bond acceptors (Lipinski definition) is 1. The minimum absolute atomic E-state index is 0.120. The summed E-state index contributed by atoms with van der Waals surface area (Å²) in [5, 5.41) is 4.06. The summed E-state index contributed by atoms with van der Waals surface area (Å²) in [4.78, 5) is 0. The number of rotatable bonds is 4. The van der Waals surface area contributed by atoms with Gasteiger partial charge in [-0.15, -0.1) is 0 Å². The molecule has 2 aromatic carbocycles. The van der Waals surface area contributed by atoms with Crippen LogP contribution in [0.3, 0.4) is 0 Å². The summed E-state index contributed by atoms with van der Waals surface area (Å²) in [6, 6.07) is 11.0. The van der Waals surface area contributed by atoms with Gasteiger partial charge in [0, 0.05) is 11.1 Å². The van der Waals surface area contributed by atoms with Crippen LogP contribution >= 0.6 is 11.6 Å². The Morgan fingerprint density at radius 1 is 1.20 bits per heavy atom. The van der Waals surface area contributed by atoms with Crippen LogP contribution in [-0.2, 0) is 6.42 Å². The van der Waals surface area contributed by atoms with E-state index in [1.165, 1.54) is 6.07 Å². The molecular formula is C17H19ClFN. The molecule has 0 radical (unpaired) electrons. The van der Waals surface area contributed by atoms with Crippen molar-refractivity contribution in [1.82, 2.24) is 5.32 Å². The molecule has 2 aromatic rings. The molecule has 0 bridgehead atoms. The number of hydrogen-bond donors (Lipinski definition) is 1. The lowest BCUT2D eigenvalue weighted by molar-refractivity contribution is 0.580. The van der Waals surface area contributed by atoms with E-state index in [4.69, 9.17) is 11.6 Å². The van der Waals surface area contributed by atoms with Crippen molar-refractivity contribution in [3.63, 3.8) is 0 Å². The van der Waals surface area contributed by atoms with Crippen molar-refractivity contribution >= 4 is 11.6 Å². The molecule has 1 nitrogen and oxygen atoms in total. The Morgan fingerprint density at radius 3 is 2.65 bits per heavy atom. The van der Waals surface area contributed by atoms with E-state index in [1.807, 2.05) is 39.1 Å². The molecule has 20 heavy (non-hydrogen) atoms. The maximum Gasteiger partial charge on any atom is 0.123 e. The van der Waals surface area contributed by atoms with Crippen molar-refractivity contribution in [1.29, 1.82) is 0 Å². The van der Waals surface area contributed by atoms with Crippen LogP contribution in [0.25, 0.3) is 0 Å². The van der Waals surface area contributed by atoms with Crippen molar-refractivity contribution in [3.8, 4) is 0 Å². The highest BCUT2D eigenvalue weighted by atomic mass is 35.5. The van der Waals surface area contributed by atoms with Gasteiger partial charge in [0.1, 0.15) is 5.82 Å². The monoisotopic (exact) mass is 291 g/mol. The molecule has 0 amide bonds. The fraction of sp³-hybridized carbons (Fsp3) is 0.294. The lowest BCUT2D eigenvalue weighted by atomic mass is 9.93. The average molecular weight is 292 g/mol. The molecule has 0 saturated heterocycles. The molecule has 3 heteroatoms. The van der Waals surface area contributed by atoms with Gasteiger partial charge in [0.15, 0.2) is 0 Å². The van der Waals surface area contributed by atoms with Crippen LogP contribution in [0.2, 0.25) is 5.02 Å². The third kappa shape index (κ3) is 3.20. The normalized spacial score (nSPS) is 12.4. The number of benzene rings is 2. The summed E-state index contributed by atoms with van der Waals surface area (Å²) in [5.41, 5.74) is 4.35. The van der Waals surface area contributed by atoms with Crippen molar-refractivity contribution in [2.45, 2.75) is 26.3 Å². The van der Waals surface area contributed by atoms with E-state index in [9.17, 15) is 4.39 Å². The summed E-state index contributed by atoms with van der Waals surface area (Å²) < 4.78 is 13.4. The summed E-state index contributed by atoms with van der Waals surface area (Å²) in [7, 11) is 1.92. The summed E-state index contributed by atoms with van der Waals surface area (Å²) in [5.74, 6) is -0.191. The van der Waals surface area contributed by atoms with E-state index < -0.39 is 0 Å². The third-order valence-corrected chi connectivity index (χ3v) is 4.18. The van der Waals surface area contributed by atoms with Gasteiger partial charge in [-0.3, -0.25) is 0 Å². The molecule has 0 fully saturated rings. The van der Waals surface area contributed by atoms with Gasteiger partial charge in [-0.2, -0.15) is 0 Å². The second-order valence-electron chi connectivity index (χ2n) is 5.07. The molecule has 0 aliphatic carbocycles. The zero-order chi connectivity index (χ0) is 14.7. The van der Waals surface area contributed by atoms with Crippen molar-refractivity contribution in [2.75, 3.05) is 7.05 Å². The highest BCUT2D eigenvalue weighted by molar-refractivity contribution is 6.31. The topological polar surface area (TPSA) is 12.0 Å². The van der Waals surface area contributed by atoms with Crippen LogP contribution in [-0.4, -0.2) is 7.05 Å². The van der Waals surface area contributed by atoms with Crippen LogP contribution in [0, 0.1) is 19.7 Å². The van der Waals surface area contributed by atoms with Crippen molar-refractivity contribution in [2.24, 2.45) is 0 Å². The van der Waals surface area contributed by atoms with Gasteiger partial charge in [0.25, 0.3) is 0 Å². The minimum Gasteiger partial charge on any atom is -0.313 e. The smallest absolute Gasteiger partial charge is 0.123 e. The molecule has 1 unspecified atom stereocenters. The third-order valence-electron chi connectivity index (χ3n) is 3.77. The second-order valence-corrected chi connectivity index (χ2v) is 5.48. The zero-order valence-electron chi connectivity index (χ0n) is 12.0. The lowest BCUT2D eigenvalue weighted by Gasteiger charge is -2.20. The fourth-order valence-electron chi connectivity index (χ4n) is 2.45. The predicted molar refractivity (Wildman–Crippen MR) is 82.8 cm³/mol. The number of likely N-dealkylation sites (N-methyl/N-ethyl adjacent to an activating group) is 1. The molecule has 2 rings (SSSR count). The van der Waals surface area contributed by atoms with E-state index in [0.717, 1.165) is 33.7 Å². The molecule has 0 aliphatic rings. The van der Waals surface area contributed by atoms with Crippen molar-refractivity contribution in [3.05, 3.63) is 69.5 Å². The Labute approximate surface area is 124 Å². The lowest BCUT2D eigenvalue weighted by Crippen LogP contribution is -2.20. The van der Waals surface area contributed by atoms with Gasteiger partial charge < -0.3 is 5.32 Å². The zero-order valence-corrected chi connectivity index (χ0v) is 12.8. The predicted octanol–water partition coefficient (Wildman–Crippen LogP) is 4.60. The van der Waals surface area contributed by atoms with E-state index in [1.54, 1.807) is 6.07 Å². The first-order chi connectivity index (χ1) is 9.52. The van der Waals surface area contributed by atoms with Crippen LogP contribution in [0.5, 0.6) is 0 Å². The Kier molecular flexibility index (Phi) is 4.79. The van der Waals surface area contributed by atoms with Gasteiger partial charge in [-0.1, -0.05) is 29.8 Å². The van der Waals surface area contributed by atoms with Gasteiger partial charge in [0.2, 0.25) is 0 Å². The first-order valence-corrected chi connectivity index (χ1v) is 7.08. The molecule has 106 valence electrons. The summed E-state index contributed by atoms with van der Waals surface area (Å²) in [6.07, 6.45) is 0.737. The summed E-state index contributed by atoms with van der Waals surface area (Å²) >= 11 is 6.19. The van der Waals surface area contributed by atoms with E-state index >= 15 is 0 Å². The van der Waals surface area contributed by atoms with E-state index in [-0.39, 0.29) is 11.9 Å². The molecular weight excluding hydrogens is 273 g/mol. The molecule has 1 atom stereocenters. The minimum atomic E-state index is -0.191. The molecule has 0 heterocycles. The Morgan fingerprint density at radius 2 is 1.95 bits per heavy atom. The number of aryl methyl sites for hydroxylation is 1. The number of nitrogens with one attached hydrogen (secondary N) is 1. The van der Waals surface area contributed by atoms with E-state index in [2.05, 4.69) is 11.4 Å². The SMILES string of the molecule is CNC(Cc1cc(F)ccc1C)c1cccc(Cl)c1C. The first kappa shape index (κ1) is 15.0. The van der Waals surface area contributed by atoms with Crippen LogP contribution in [0.4, 0.5) is 4.39 Å². The Balaban J connectivity index is 2.34. The Bertz CT molecular complexity index is 610. The highest BCUT2D eigenvalue weighted by Gasteiger charge is 2.15. The standard InChI is InChI=1S/C17H19ClFN/c1-11-7-8-14(19)9-13(11)10-17(20-3)15-5-4-6-16(18)12(15)2/h4-9,17,20H,10H2,1-3H3. The largest absolute Gasteiger partial charge is 0.313 e. The Hall–Kier alpha value is -1.38. The van der Waals surface area contributed by atoms with Gasteiger partial charge in [-0.05, 0) is 67.8 Å². The highest BCUT2D eigenvalue weighted by Crippen LogP contribution is 2.27. The maximum absolute atomic E-state index is 13.4. The maximum atomic E-state index is 13.4. The van der Waals surface area contributed by atoms with Crippen molar-refractivity contribution < 1.29 is 4.39 Å². The first-order valence-electron chi connectivity index (χ1n) is 6.70. The van der Waals surface area contributed by atoms with Gasteiger partial charge in [-0.25, -0.2) is 4.39 Å². The second kappa shape index (κ2) is 6.38. The number of halogens is 2. The van der Waals surface area contributed by atoms with Crippen LogP contribution < -0.4 is 5.32 Å². The quantitative estimate of drug-likeness (QED) is 0.868.